The quantitative estimate of drug-likeness (QED) is 0.0905. The number of carbonyl (C=O) groups excluding carboxylic acids is 3. The van der Waals surface area contributed by atoms with Crippen LogP contribution in [0.15, 0.2) is 59.2 Å². The third-order valence-corrected chi connectivity index (χ3v) is 8.52. The van der Waals surface area contributed by atoms with Gasteiger partial charge in [0, 0.05) is 23.5 Å². The van der Waals surface area contributed by atoms with Crippen LogP contribution in [0.4, 0.5) is 0 Å². The fourth-order valence-corrected chi connectivity index (χ4v) is 6.86. The third kappa shape index (κ3) is 10.0. The molecule has 3 aliphatic rings. The molecule has 3 unspecified atom stereocenters. The van der Waals surface area contributed by atoms with Gasteiger partial charge in [0.2, 0.25) is 0 Å². The van der Waals surface area contributed by atoms with Crippen molar-refractivity contribution >= 4 is 17.9 Å². The summed E-state index contributed by atoms with van der Waals surface area (Å²) in [4.78, 5) is 39.0. The van der Waals surface area contributed by atoms with Crippen LogP contribution in [0.3, 0.4) is 0 Å². The Balaban J connectivity index is 1.90. The molecular weight excluding hydrogens is 584 g/mol. The van der Waals surface area contributed by atoms with Gasteiger partial charge in [0.25, 0.3) is 0 Å². The minimum Gasteiger partial charge on any atom is -0.498 e. The van der Waals surface area contributed by atoms with Crippen LogP contribution in [0.5, 0.6) is 0 Å². The Labute approximate surface area is 275 Å². The fourth-order valence-electron chi connectivity index (χ4n) is 6.86. The smallest absolute Gasteiger partial charge is 0.324 e. The first-order valence-electron chi connectivity index (χ1n) is 16.9. The van der Waals surface area contributed by atoms with E-state index in [1.807, 2.05) is 13.0 Å². The minimum atomic E-state index is -1.10. The highest BCUT2D eigenvalue weighted by atomic mass is 16.6. The molecule has 1 saturated carbocycles. The van der Waals surface area contributed by atoms with Crippen molar-refractivity contribution < 1.29 is 33.3 Å². The maximum Gasteiger partial charge on any atom is 0.324 e. The standard InChI is InChI=1S/C37H56N2O7/c1-10-43-24(5)31(33(40)44-11-2)25-18-27(22-36(6,7)20-25)38-29-16-14-15-17-30(29)39-28-19-26(21-37(8,9)23-28)32(34(41)45-12-3)35(42)46-13-4/h18-19,22-23,29-32,38-39H,5,10-17,20-21H2,1-4,6-9H3. The molecule has 0 spiro atoms. The van der Waals surface area contributed by atoms with Gasteiger partial charge >= 0.3 is 17.9 Å². The molecule has 0 aromatic heterocycles. The first kappa shape index (κ1) is 37.0. The van der Waals surface area contributed by atoms with Crippen LogP contribution in [0, 0.1) is 22.7 Å². The summed E-state index contributed by atoms with van der Waals surface area (Å²) >= 11 is 0. The molecule has 0 radical (unpaired) electrons. The van der Waals surface area contributed by atoms with E-state index in [1.54, 1.807) is 20.8 Å². The summed E-state index contributed by atoms with van der Waals surface area (Å²) in [6.45, 7) is 20.8. The number of allylic oxidation sites excluding steroid dienone is 4. The van der Waals surface area contributed by atoms with Gasteiger partial charge in [-0.15, -0.1) is 0 Å². The molecule has 9 nitrogen and oxygen atoms in total. The monoisotopic (exact) mass is 640 g/mol. The van der Waals surface area contributed by atoms with E-state index in [-0.39, 0.29) is 48.7 Å². The average Bonchev–Trinajstić information content (AvgIpc) is 2.93. The number of hydrogen-bond donors (Lipinski definition) is 2. The minimum absolute atomic E-state index is 0.0945. The van der Waals surface area contributed by atoms with Gasteiger partial charge in [0.1, 0.15) is 11.7 Å². The SMILES string of the molecule is C=C(OCC)C(C(=O)OCC)C1=CC(NC2CCCCC2NC2=CC(C)(C)CC(C(C(=O)OCC)C(=O)OCC)=C2)=CC(C)(C)C1. The molecule has 3 atom stereocenters. The largest absolute Gasteiger partial charge is 0.498 e. The first-order chi connectivity index (χ1) is 21.7. The van der Waals surface area contributed by atoms with Crippen molar-refractivity contribution in [1.29, 1.82) is 0 Å². The molecule has 0 heterocycles. The highest BCUT2D eigenvalue weighted by molar-refractivity contribution is 5.98. The van der Waals surface area contributed by atoms with Crippen LogP contribution >= 0.6 is 0 Å². The van der Waals surface area contributed by atoms with E-state index in [4.69, 9.17) is 18.9 Å². The maximum absolute atomic E-state index is 13.1. The maximum atomic E-state index is 13.1. The van der Waals surface area contributed by atoms with Crippen LogP contribution < -0.4 is 10.6 Å². The van der Waals surface area contributed by atoms with Crippen molar-refractivity contribution in [3.63, 3.8) is 0 Å². The lowest BCUT2D eigenvalue weighted by Gasteiger charge is -2.39. The zero-order valence-electron chi connectivity index (χ0n) is 29.3. The van der Waals surface area contributed by atoms with Crippen LogP contribution in [0.2, 0.25) is 0 Å². The summed E-state index contributed by atoms with van der Waals surface area (Å²) in [7, 11) is 0. The molecule has 0 amide bonds. The van der Waals surface area contributed by atoms with Crippen LogP contribution in [-0.4, -0.2) is 56.4 Å². The number of nitrogens with one attached hydrogen (secondary N) is 2. The average molecular weight is 641 g/mol. The summed E-state index contributed by atoms with van der Waals surface area (Å²) in [5.41, 5.74) is 2.95. The molecule has 1 fully saturated rings. The van der Waals surface area contributed by atoms with Gasteiger partial charge in [0.15, 0.2) is 5.92 Å². The molecule has 0 saturated heterocycles. The lowest BCUT2D eigenvalue weighted by atomic mass is 9.76. The van der Waals surface area contributed by atoms with Crippen molar-refractivity contribution in [2.75, 3.05) is 26.4 Å². The number of rotatable bonds is 15. The van der Waals surface area contributed by atoms with Gasteiger partial charge in [-0.2, -0.15) is 0 Å². The Bertz CT molecular complexity index is 1120. The van der Waals surface area contributed by atoms with Crippen molar-refractivity contribution in [3.8, 4) is 0 Å². The van der Waals surface area contributed by atoms with Crippen molar-refractivity contribution in [2.45, 2.75) is 106 Å². The molecule has 3 aliphatic carbocycles. The predicted molar refractivity (Wildman–Crippen MR) is 179 cm³/mol. The normalized spacial score (nSPS) is 22.6. The number of carbonyl (C=O) groups is 3. The molecule has 2 N–H and O–H groups in total. The highest BCUT2D eigenvalue weighted by Gasteiger charge is 2.39. The summed E-state index contributed by atoms with van der Waals surface area (Å²) in [6, 6.07) is 0.202. The molecule has 0 aliphatic heterocycles. The van der Waals surface area contributed by atoms with Crippen molar-refractivity contribution in [3.05, 3.63) is 59.2 Å². The lowest BCUT2D eigenvalue weighted by Crippen LogP contribution is -2.49. The second-order valence-corrected chi connectivity index (χ2v) is 13.8. The Hall–Kier alpha value is -3.49. The highest BCUT2D eigenvalue weighted by Crippen LogP contribution is 2.40. The number of hydrogen-bond acceptors (Lipinski definition) is 9. The molecule has 9 heteroatoms. The Kier molecular flexibility index (Phi) is 13.2. The molecule has 256 valence electrons. The molecule has 0 aromatic carbocycles. The Morgan fingerprint density at radius 2 is 1.07 bits per heavy atom. The molecule has 0 aromatic rings. The zero-order valence-corrected chi connectivity index (χ0v) is 29.3. The van der Waals surface area contributed by atoms with Crippen LogP contribution in [0.1, 0.15) is 93.9 Å². The summed E-state index contributed by atoms with van der Waals surface area (Å²) in [6.07, 6.45) is 13.7. The van der Waals surface area contributed by atoms with Gasteiger partial charge in [-0.1, -0.05) is 59.3 Å². The topological polar surface area (TPSA) is 112 Å². The van der Waals surface area contributed by atoms with Gasteiger partial charge < -0.3 is 29.6 Å². The van der Waals surface area contributed by atoms with Gasteiger partial charge in [0.05, 0.1) is 26.4 Å². The van der Waals surface area contributed by atoms with E-state index in [0.717, 1.165) is 42.7 Å². The van der Waals surface area contributed by atoms with E-state index in [1.165, 1.54) is 0 Å². The predicted octanol–water partition coefficient (Wildman–Crippen LogP) is 6.43. The van der Waals surface area contributed by atoms with Gasteiger partial charge in [-0.3, -0.25) is 14.4 Å². The Morgan fingerprint density at radius 1 is 0.696 bits per heavy atom. The van der Waals surface area contributed by atoms with Crippen LogP contribution in [0.25, 0.3) is 0 Å². The molecule has 0 bridgehead atoms. The summed E-state index contributed by atoms with van der Waals surface area (Å²) in [5, 5.41) is 7.57. The summed E-state index contributed by atoms with van der Waals surface area (Å²) < 4.78 is 21.7. The van der Waals surface area contributed by atoms with E-state index >= 15 is 0 Å². The van der Waals surface area contributed by atoms with E-state index in [2.05, 4.69) is 63.1 Å². The second-order valence-electron chi connectivity index (χ2n) is 13.8. The third-order valence-electron chi connectivity index (χ3n) is 8.52. The fraction of sp³-hybridized carbons (Fsp3) is 0.649. The van der Waals surface area contributed by atoms with Crippen LogP contribution in [-0.2, 0) is 33.3 Å². The Morgan fingerprint density at radius 3 is 1.46 bits per heavy atom. The van der Waals surface area contributed by atoms with Crippen molar-refractivity contribution in [1.82, 2.24) is 10.6 Å². The lowest BCUT2D eigenvalue weighted by molar-refractivity contribution is -0.159. The second kappa shape index (κ2) is 16.4. The zero-order chi connectivity index (χ0) is 34.1. The first-order valence-corrected chi connectivity index (χ1v) is 16.9. The molecule has 46 heavy (non-hydrogen) atoms. The number of ether oxygens (including phenoxy) is 4. The van der Waals surface area contributed by atoms with Crippen molar-refractivity contribution in [2.24, 2.45) is 22.7 Å². The summed E-state index contributed by atoms with van der Waals surface area (Å²) in [5.74, 6) is -2.87. The van der Waals surface area contributed by atoms with Gasteiger partial charge in [-0.25, -0.2) is 0 Å². The van der Waals surface area contributed by atoms with E-state index < -0.39 is 23.8 Å². The van der Waals surface area contributed by atoms with E-state index in [0.29, 0.717) is 30.8 Å². The number of esters is 3. The molecular formula is C37H56N2O7. The molecule has 3 rings (SSSR count). The van der Waals surface area contributed by atoms with E-state index in [9.17, 15) is 14.4 Å². The van der Waals surface area contributed by atoms with Gasteiger partial charge in [-0.05, 0) is 87.5 Å².